The van der Waals surface area contributed by atoms with Crippen LogP contribution in [0, 0.1) is 12.1 Å². The third-order valence-electron chi connectivity index (χ3n) is 9.36. The summed E-state index contributed by atoms with van der Waals surface area (Å²) in [5, 5.41) is 0. The van der Waals surface area contributed by atoms with Crippen LogP contribution in [-0.2, 0) is 41.8 Å². The monoisotopic (exact) mass is 1090 g/mol. The summed E-state index contributed by atoms with van der Waals surface area (Å²) in [6, 6.07) is 35.3. The maximum Gasteiger partial charge on any atom is 3.00 e. The standard InChI is InChI=1S/2C19H24N.C12H12N2O2.F6P.Ir/c2*1-18(2,3)15-9-7-14(8-10-15)17-13-16(11-12-20-17)19(4,5)6;1-15-9-3-5-13-11(7-9)12-8-10(16-2)4-6-14-12;1-7(2,3,4,5)6;/h2*7,9-13H,1-6H3;3-8H,1-2H3;;/q2*-1;;-1;+3. The van der Waals surface area contributed by atoms with E-state index in [-0.39, 0.29) is 41.8 Å². The third-order valence-corrected chi connectivity index (χ3v) is 9.36. The average Bonchev–Trinajstić information content (AvgIpc) is 3.19. The predicted octanol–water partition coefficient (Wildman–Crippen LogP) is 15.8. The first-order valence-electron chi connectivity index (χ1n) is 20.2. The quantitative estimate of drug-likeness (QED) is 0.0973. The van der Waals surface area contributed by atoms with Gasteiger partial charge in [-0.15, -0.1) is 70.8 Å². The Morgan fingerprint density at radius 3 is 0.938 bits per heavy atom. The van der Waals surface area contributed by atoms with Crippen LogP contribution in [0.4, 0.5) is 25.2 Å². The Morgan fingerprint density at radius 1 is 0.406 bits per heavy atom. The molecule has 0 atom stereocenters. The van der Waals surface area contributed by atoms with Gasteiger partial charge < -0.3 is 19.4 Å². The van der Waals surface area contributed by atoms with Crippen molar-refractivity contribution in [2.45, 2.75) is 105 Å². The molecule has 4 heterocycles. The molecule has 2 aromatic carbocycles. The molecule has 64 heavy (non-hydrogen) atoms. The molecule has 6 rings (SSSR count). The Hall–Kier alpha value is -4.70. The molecule has 0 aliphatic heterocycles. The fourth-order valence-corrected chi connectivity index (χ4v) is 5.55. The second-order valence-electron chi connectivity index (χ2n) is 19.0. The molecule has 0 unspecified atom stereocenters. The molecule has 6 aromatic rings. The van der Waals surface area contributed by atoms with Gasteiger partial charge in [-0.2, -0.15) is 0 Å². The fourth-order valence-electron chi connectivity index (χ4n) is 5.55. The van der Waals surface area contributed by atoms with E-state index in [1.807, 2.05) is 24.5 Å². The molecule has 348 valence electrons. The van der Waals surface area contributed by atoms with E-state index in [1.54, 1.807) is 38.7 Å². The van der Waals surface area contributed by atoms with Crippen LogP contribution in [0.1, 0.15) is 105 Å². The van der Waals surface area contributed by atoms with E-state index in [9.17, 15) is 25.2 Å². The van der Waals surface area contributed by atoms with Gasteiger partial charge in [-0.1, -0.05) is 95.2 Å². The number of hydrogen-bond acceptors (Lipinski definition) is 6. The predicted molar refractivity (Wildman–Crippen MR) is 246 cm³/mol. The molecule has 0 N–H and O–H groups in total. The number of nitrogens with zero attached hydrogens (tertiary/aromatic N) is 4. The van der Waals surface area contributed by atoms with E-state index in [4.69, 9.17) is 9.47 Å². The van der Waals surface area contributed by atoms with Gasteiger partial charge in [-0.25, -0.2) is 0 Å². The zero-order chi connectivity index (χ0) is 47.7. The van der Waals surface area contributed by atoms with Crippen LogP contribution >= 0.6 is 7.81 Å². The van der Waals surface area contributed by atoms with E-state index >= 15 is 0 Å². The second-order valence-corrected chi connectivity index (χ2v) is 20.9. The van der Waals surface area contributed by atoms with Crippen molar-refractivity contribution in [2.24, 2.45) is 0 Å². The number of aromatic nitrogens is 4. The molecule has 6 nitrogen and oxygen atoms in total. The zero-order valence-electron chi connectivity index (χ0n) is 39.0. The molecule has 0 saturated heterocycles. The topological polar surface area (TPSA) is 70.0 Å². The molecule has 0 bridgehead atoms. The van der Waals surface area contributed by atoms with Crippen LogP contribution in [0.2, 0.25) is 0 Å². The van der Waals surface area contributed by atoms with Gasteiger partial charge >= 0.3 is 53.1 Å². The molecule has 0 saturated carbocycles. The first-order valence-corrected chi connectivity index (χ1v) is 22.2. The zero-order valence-corrected chi connectivity index (χ0v) is 42.3. The van der Waals surface area contributed by atoms with Crippen molar-refractivity contribution in [2.75, 3.05) is 14.2 Å². The number of halogens is 6. The molecule has 0 radical (unpaired) electrons. The van der Waals surface area contributed by atoms with Crippen LogP contribution in [0.3, 0.4) is 0 Å². The van der Waals surface area contributed by atoms with Gasteiger partial charge in [0.15, 0.2) is 0 Å². The van der Waals surface area contributed by atoms with Crippen LogP contribution in [0.25, 0.3) is 33.9 Å². The maximum absolute atomic E-state index is 10.7. The number of methoxy groups -OCH3 is 2. The van der Waals surface area contributed by atoms with Crippen molar-refractivity contribution in [3.05, 3.63) is 144 Å². The Labute approximate surface area is 389 Å². The van der Waals surface area contributed by atoms with Gasteiger partial charge in [0.2, 0.25) is 0 Å². The summed E-state index contributed by atoms with van der Waals surface area (Å²) >= 11 is 0. The molecular weight excluding hydrogens is 1030 g/mol. The molecule has 0 amide bonds. The van der Waals surface area contributed by atoms with E-state index < -0.39 is 7.81 Å². The van der Waals surface area contributed by atoms with Crippen molar-refractivity contribution in [1.29, 1.82) is 0 Å². The summed E-state index contributed by atoms with van der Waals surface area (Å²) in [7, 11) is -7.41. The number of hydrogen-bond donors (Lipinski definition) is 0. The van der Waals surface area contributed by atoms with Crippen LogP contribution in [-0.4, -0.2) is 34.2 Å². The van der Waals surface area contributed by atoms with Crippen molar-refractivity contribution < 1.29 is 54.8 Å². The van der Waals surface area contributed by atoms with Crippen molar-refractivity contribution in [1.82, 2.24) is 19.9 Å². The molecule has 0 spiro atoms. The van der Waals surface area contributed by atoms with Crippen molar-refractivity contribution in [3.63, 3.8) is 0 Å². The Kier molecular flexibility index (Phi) is 17.9. The average molecular weight is 1090 g/mol. The van der Waals surface area contributed by atoms with E-state index in [2.05, 4.69) is 176 Å². The summed E-state index contributed by atoms with van der Waals surface area (Å²) in [6.07, 6.45) is 7.16. The minimum atomic E-state index is -10.7. The van der Waals surface area contributed by atoms with Crippen LogP contribution in [0.5, 0.6) is 11.5 Å². The second kappa shape index (κ2) is 20.6. The molecule has 14 heteroatoms. The largest absolute Gasteiger partial charge is 3.00 e. The van der Waals surface area contributed by atoms with Crippen molar-refractivity contribution in [3.8, 4) is 45.4 Å². The normalized spacial score (nSPS) is 12.8. The van der Waals surface area contributed by atoms with Gasteiger partial charge in [0.1, 0.15) is 11.5 Å². The fraction of sp³-hybridized carbons (Fsp3) is 0.360. The number of rotatable bonds is 5. The Bertz CT molecular complexity index is 2240. The minimum absolute atomic E-state index is 0. The van der Waals surface area contributed by atoms with E-state index in [0.717, 1.165) is 45.4 Å². The van der Waals surface area contributed by atoms with Gasteiger partial charge in [0.25, 0.3) is 0 Å². The van der Waals surface area contributed by atoms with Crippen LogP contribution in [0.15, 0.2) is 110 Å². The van der Waals surface area contributed by atoms with Gasteiger partial charge in [0.05, 0.1) is 25.6 Å². The summed E-state index contributed by atoms with van der Waals surface area (Å²) in [5.41, 5.74) is 11.4. The Morgan fingerprint density at radius 2 is 0.688 bits per heavy atom. The number of pyridine rings is 4. The number of ether oxygens (including phenoxy) is 2. The molecular formula is C50H60F6IrN4O2P. The van der Waals surface area contributed by atoms with Gasteiger partial charge in [-0.05, 0) is 68.4 Å². The minimum Gasteiger partial charge on any atom is 3.00 e. The smallest absolute Gasteiger partial charge is 3.00 e. The SMILES string of the molecule is CC(C)(C)c1c[c-]c(-c2cc(C(C)(C)C)ccn2)cc1.CC(C)(C)c1c[c-]c(-c2cc(C(C)(C)C)ccn2)cc1.COc1ccnc(-c2cc(OC)ccn2)c1.F[P-](F)(F)(F)(F)F.[Ir+3]. The molecule has 0 fully saturated rings. The summed E-state index contributed by atoms with van der Waals surface area (Å²) in [4.78, 5) is 17.4. The molecule has 4 aromatic heterocycles. The van der Waals surface area contributed by atoms with Crippen molar-refractivity contribution >= 4 is 7.81 Å². The summed E-state index contributed by atoms with van der Waals surface area (Å²) in [5.74, 6) is 1.52. The maximum atomic E-state index is 9.87. The third kappa shape index (κ3) is 20.0. The first-order chi connectivity index (χ1) is 28.6. The number of benzene rings is 2. The molecule has 0 aliphatic carbocycles. The molecule has 0 aliphatic rings. The van der Waals surface area contributed by atoms with Gasteiger partial charge in [-0.3, -0.25) is 9.97 Å². The summed E-state index contributed by atoms with van der Waals surface area (Å²) < 4.78 is 69.5. The van der Waals surface area contributed by atoms with E-state index in [1.165, 1.54) is 22.3 Å². The first kappa shape index (κ1) is 55.4. The Balaban J connectivity index is 0.000000306. The van der Waals surface area contributed by atoms with E-state index in [0.29, 0.717) is 0 Å². The van der Waals surface area contributed by atoms with Crippen LogP contribution < -0.4 is 9.47 Å². The van der Waals surface area contributed by atoms with Gasteiger partial charge in [0, 0.05) is 36.9 Å². The summed E-state index contributed by atoms with van der Waals surface area (Å²) in [6.45, 7) is 26.6.